The van der Waals surface area contributed by atoms with E-state index >= 15 is 0 Å². The first-order valence-corrected chi connectivity index (χ1v) is 4.38. The molecule has 14 heavy (non-hydrogen) atoms. The molecular formula is C7H3F3INO2. The lowest BCUT2D eigenvalue weighted by atomic mass is 10.2. The lowest BCUT2D eigenvalue weighted by Crippen LogP contribution is -2.09. The van der Waals surface area contributed by atoms with Crippen LogP contribution in [0.4, 0.5) is 13.2 Å². The second kappa shape index (κ2) is 4.11. The first-order valence-electron chi connectivity index (χ1n) is 3.31. The largest absolute Gasteiger partial charge is 0.476 e. The fraction of sp³-hybridized carbons (Fsp3) is 0.143. The van der Waals surface area contributed by atoms with Crippen molar-refractivity contribution in [1.29, 1.82) is 0 Å². The summed E-state index contributed by atoms with van der Waals surface area (Å²) >= 11 is 1.55. The first kappa shape index (κ1) is 11.2. The number of hydrogen-bond acceptors (Lipinski definition) is 2. The number of carboxylic acid groups (broad SMARTS) is 1. The molecule has 1 rings (SSSR count). The highest BCUT2D eigenvalue weighted by Gasteiger charge is 2.24. The number of carbonyl (C=O) groups is 1. The van der Waals surface area contributed by atoms with E-state index in [-0.39, 0.29) is 3.70 Å². The molecule has 0 saturated carbocycles. The van der Waals surface area contributed by atoms with E-state index in [9.17, 15) is 18.0 Å². The van der Waals surface area contributed by atoms with Gasteiger partial charge in [-0.25, -0.2) is 22.9 Å². The molecule has 0 aliphatic rings. The maximum atomic E-state index is 12.9. The summed E-state index contributed by atoms with van der Waals surface area (Å²) < 4.78 is 37.4. The summed E-state index contributed by atoms with van der Waals surface area (Å²) in [7, 11) is 0. The van der Waals surface area contributed by atoms with Gasteiger partial charge >= 0.3 is 5.97 Å². The van der Waals surface area contributed by atoms with Crippen LogP contribution in [-0.2, 0) is 0 Å². The van der Waals surface area contributed by atoms with Gasteiger partial charge in [-0.15, -0.1) is 0 Å². The molecule has 1 aromatic rings. The molecule has 0 aliphatic heterocycles. The average molecular weight is 317 g/mol. The van der Waals surface area contributed by atoms with Crippen LogP contribution in [0.3, 0.4) is 0 Å². The zero-order valence-electron chi connectivity index (χ0n) is 6.47. The van der Waals surface area contributed by atoms with Gasteiger partial charge in [0, 0.05) is 6.07 Å². The van der Waals surface area contributed by atoms with E-state index in [1.807, 2.05) is 0 Å². The molecule has 3 nitrogen and oxygen atoms in total. The van der Waals surface area contributed by atoms with E-state index in [4.69, 9.17) is 5.11 Å². The zero-order chi connectivity index (χ0) is 10.9. The number of halogens is 4. The number of hydrogen-bond donors (Lipinski definition) is 1. The van der Waals surface area contributed by atoms with Crippen LogP contribution in [0.5, 0.6) is 0 Å². The molecule has 1 N–H and O–H groups in total. The average Bonchev–Trinajstić information content (AvgIpc) is 2.01. The standard InChI is InChI=1S/C7H3F3INO2/c8-2-1-3(11)12-5(7(13)14)4(2)6(9)10/h1,6H,(H,13,14). The van der Waals surface area contributed by atoms with Gasteiger partial charge in [-0.2, -0.15) is 0 Å². The zero-order valence-corrected chi connectivity index (χ0v) is 8.63. The Hall–Kier alpha value is -0.860. The van der Waals surface area contributed by atoms with E-state index in [0.717, 1.165) is 6.07 Å². The summed E-state index contributed by atoms with van der Waals surface area (Å²) in [4.78, 5) is 13.8. The molecule has 0 aromatic carbocycles. The molecule has 0 bridgehead atoms. The third-order valence-electron chi connectivity index (χ3n) is 1.40. The van der Waals surface area contributed by atoms with Gasteiger partial charge in [0.1, 0.15) is 9.52 Å². The van der Waals surface area contributed by atoms with E-state index < -0.39 is 29.5 Å². The summed E-state index contributed by atoms with van der Waals surface area (Å²) in [5.41, 5.74) is -2.11. The highest BCUT2D eigenvalue weighted by Crippen LogP contribution is 2.25. The summed E-state index contributed by atoms with van der Waals surface area (Å²) in [5.74, 6) is -2.92. The molecule has 0 fully saturated rings. The van der Waals surface area contributed by atoms with Crippen molar-refractivity contribution in [2.75, 3.05) is 0 Å². The number of aromatic carboxylic acids is 1. The molecule has 1 heterocycles. The summed E-state index contributed by atoms with van der Waals surface area (Å²) in [6.07, 6.45) is -3.19. The second-order valence-electron chi connectivity index (χ2n) is 2.29. The maximum absolute atomic E-state index is 12.9. The van der Waals surface area contributed by atoms with Crippen molar-refractivity contribution in [3.8, 4) is 0 Å². The fourth-order valence-electron chi connectivity index (χ4n) is 0.865. The number of pyridine rings is 1. The molecule has 0 amide bonds. The smallest absolute Gasteiger partial charge is 0.355 e. The normalized spacial score (nSPS) is 10.6. The minimum Gasteiger partial charge on any atom is -0.476 e. The second-order valence-corrected chi connectivity index (χ2v) is 3.40. The van der Waals surface area contributed by atoms with Crippen molar-refractivity contribution in [3.05, 3.63) is 26.8 Å². The van der Waals surface area contributed by atoms with E-state index in [1.165, 1.54) is 0 Å². The minimum atomic E-state index is -3.19. The molecular weight excluding hydrogens is 314 g/mol. The molecule has 76 valence electrons. The Bertz CT molecular complexity index is 383. The molecule has 0 saturated heterocycles. The van der Waals surface area contributed by atoms with Crippen LogP contribution >= 0.6 is 22.6 Å². The summed E-state index contributed by atoms with van der Waals surface area (Å²) in [6, 6.07) is 0.758. The Labute approximate surface area is 90.1 Å². The number of aromatic nitrogens is 1. The predicted octanol–water partition coefficient (Wildman–Crippen LogP) is 2.46. The topological polar surface area (TPSA) is 50.2 Å². The van der Waals surface area contributed by atoms with E-state index in [2.05, 4.69) is 4.98 Å². The number of rotatable bonds is 2. The molecule has 7 heteroatoms. The lowest BCUT2D eigenvalue weighted by molar-refractivity contribution is 0.0674. The van der Waals surface area contributed by atoms with Crippen LogP contribution in [0.2, 0.25) is 0 Å². The number of carboxylic acids is 1. The van der Waals surface area contributed by atoms with Crippen molar-refractivity contribution in [2.24, 2.45) is 0 Å². The third-order valence-corrected chi connectivity index (χ3v) is 1.95. The Morgan fingerprint density at radius 3 is 2.57 bits per heavy atom. The van der Waals surface area contributed by atoms with Gasteiger partial charge in [0.2, 0.25) is 0 Å². The molecule has 0 atom stereocenters. The van der Waals surface area contributed by atoms with Crippen LogP contribution in [0.15, 0.2) is 6.07 Å². The van der Waals surface area contributed by atoms with Crippen LogP contribution in [0, 0.1) is 9.52 Å². The minimum absolute atomic E-state index is 0.0156. The first-order chi connectivity index (χ1) is 6.43. The van der Waals surface area contributed by atoms with Gasteiger partial charge in [0.25, 0.3) is 6.43 Å². The summed E-state index contributed by atoms with van der Waals surface area (Å²) in [5, 5.41) is 8.50. The van der Waals surface area contributed by atoms with E-state index in [0.29, 0.717) is 0 Å². The van der Waals surface area contributed by atoms with Gasteiger partial charge < -0.3 is 5.11 Å². The van der Waals surface area contributed by atoms with Crippen LogP contribution in [0.25, 0.3) is 0 Å². The molecule has 1 aromatic heterocycles. The fourth-order valence-corrected chi connectivity index (χ4v) is 1.38. The maximum Gasteiger partial charge on any atom is 0.355 e. The van der Waals surface area contributed by atoms with Crippen molar-refractivity contribution >= 4 is 28.6 Å². The molecule has 0 radical (unpaired) electrons. The number of alkyl halides is 2. The van der Waals surface area contributed by atoms with Crippen LogP contribution < -0.4 is 0 Å². The van der Waals surface area contributed by atoms with Crippen LogP contribution in [-0.4, -0.2) is 16.1 Å². The number of nitrogens with zero attached hydrogens (tertiary/aromatic N) is 1. The monoisotopic (exact) mass is 317 g/mol. The van der Waals surface area contributed by atoms with Crippen molar-refractivity contribution in [1.82, 2.24) is 4.98 Å². The Balaban J connectivity index is 3.44. The highest BCUT2D eigenvalue weighted by molar-refractivity contribution is 14.1. The third kappa shape index (κ3) is 2.14. The van der Waals surface area contributed by atoms with Gasteiger partial charge in [0.15, 0.2) is 5.69 Å². The quantitative estimate of drug-likeness (QED) is 0.673. The van der Waals surface area contributed by atoms with Crippen molar-refractivity contribution in [3.63, 3.8) is 0 Å². The molecule has 0 unspecified atom stereocenters. The SMILES string of the molecule is O=C(O)c1nc(I)cc(F)c1C(F)F. The van der Waals surface area contributed by atoms with Crippen molar-refractivity contribution in [2.45, 2.75) is 6.43 Å². The Morgan fingerprint density at radius 2 is 2.14 bits per heavy atom. The van der Waals surface area contributed by atoms with Gasteiger partial charge in [0.05, 0.1) is 5.56 Å². The van der Waals surface area contributed by atoms with Gasteiger partial charge in [-0.1, -0.05) is 0 Å². The van der Waals surface area contributed by atoms with Crippen LogP contribution in [0.1, 0.15) is 22.5 Å². The highest BCUT2D eigenvalue weighted by atomic mass is 127. The molecule has 0 spiro atoms. The Morgan fingerprint density at radius 1 is 1.57 bits per heavy atom. The molecule has 0 aliphatic carbocycles. The summed E-state index contributed by atoms with van der Waals surface area (Å²) in [6.45, 7) is 0. The van der Waals surface area contributed by atoms with E-state index in [1.54, 1.807) is 22.6 Å². The van der Waals surface area contributed by atoms with Gasteiger partial charge in [-0.3, -0.25) is 0 Å². The predicted molar refractivity (Wildman–Crippen MR) is 48.8 cm³/mol. The lowest BCUT2D eigenvalue weighted by Gasteiger charge is -2.05. The van der Waals surface area contributed by atoms with Gasteiger partial charge in [-0.05, 0) is 22.6 Å². The Kier molecular flexibility index (Phi) is 3.29. The van der Waals surface area contributed by atoms with Crippen molar-refractivity contribution < 1.29 is 23.1 Å².